The number of Topliss-reactive ketones (excluding diaryl/α,β-unsaturated/α-hetero) is 1. The lowest BCUT2D eigenvalue weighted by atomic mass is 9.83. The van der Waals surface area contributed by atoms with Crippen molar-refractivity contribution in [1.29, 1.82) is 0 Å². The molecule has 1 amide bonds. The molecule has 9 nitrogen and oxygen atoms in total. The number of nitrogens with zero attached hydrogens (tertiary/aromatic N) is 5. The first-order valence-corrected chi connectivity index (χ1v) is 14.0. The molecule has 0 spiro atoms. The van der Waals surface area contributed by atoms with Crippen LogP contribution in [0.15, 0.2) is 60.9 Å². The highest BCUT2D eigenvalue weighted by Gasteiger charge is 2.33. The third-order valence-corrected chi connectivity index (χ3v) is 7.66. The number of hydrogen-bond acceptors (Lipinski definition) is 7. The van der Waals surface area contributed by atoms with Gasteiger partial charge in [-0.2, -0.15) is 18.3 Å². The highest BCUT2D eigenvalue weighted by atomic mass is 19.4. The van der Waals surface area contributed by atoms with Gasteiger partial charge in [-0.3, -0.25) is 19.3 Å². The van der Waals surface area contributed by atoms with Crippen molar-refractivity contribution in [3.63, 3.8) is 0 Å². The predicted octanol–water partition coefficient (Wildman–Crippen LogP) is 4.86. The molecule has 0 radical (unpaired) electrons. The third kappa shape index (κ3) is 7.37. The number of halogens is 3. The number of carbonyl (C=O) groups excluding carboxylic acids is 2. The normalized spacial score (nSPS) is 14.7. The molecule has 1 aromatic carbocycles. The van der Waals surface area contributed by atoms with Gasteiger partial charge in [0.2, 0.25) is 5.91 Å². The molecule has 0 unspecified atom stereocenters. The molecule has 1 saturated heterocycles. The van der Waals surface area contributed by atoms with E-state index in [1.165, 1.54) is 10.7 Å². The Hall–Kier alpha value is -4.32. The fraction of sp³-hybridized carbons (Fsp3) is 0.387. The largest absolute Gasteiger partial charge is 0.487 e. The van der Waals surface area contributed by atoms with E-state index in [0.29, 0.717) is 53.8 Å². The smallest absolute Gasteiger partial charge is 0.433 e. The zero-order valence-corrected chi connectivity index (χ0v) is 23.8. The van der Waals surface area contributed by atoms with Crippen LogP contribution >= 0.6 is 0 Å². The van der Waals surface area contributed by atoms with Crippen LogP contribution in [0, 0.1) is 5.92 Å². The topological polar surface area (TPSA) is 110 Å². The van der Waals surface area contributed by atoms with Crippen LogP contribution in [0.4, 0.5) is 13.2 Å². The van der Waals surface area contributed by atoms with Crippen LogP contribution in [-0.4, -0.2) is 60.1 Å². The Bertz CT molecular complexity index is 1610. The quantitative estimate of drug-likeness (QED) is 0.275. The molecule has 4 heterocycles. The number of alkyl halides is 3. The van der Waals surface area contributed by atoms with Crippen molar-refractivity contribution in [1.82, 2.24) is 24.6 Å². The average molecular weight is 596 g/mol. The monoisotopic (exact) mass is 595 g/mol. The minimum absolute atomic E-state index is 0.00834. The predicted molar refractivity (Wildman–Crippen MR) is 151 cm³/mol. The third-order valence-electron chi connectivity index (χ3n) is 7.66. The van der Waals surface area contributed by atoms with Crippen LogP contribution in [0.5, 0.6) is 5.75 Å². The molecule has 0 atom stereocenters. The van der Waals surface area contributed by atoms with Gasteiger partial charge in [-0.1, -0.05) is 12.1 Å². The first-order chi connectivity index (χ1) is 20.4. The second kappa shape index (κ2) is 12.1. The van der Waals surface area contributed by atoms with Gasteiger partial charge >= 0.3 is 6.18 Å². The Labute approximate surface area is 246 Å². The number of rotatable bonds is 9. The van der Waals surface area contributed by atoms with Gasteiger partial charge in [-0.15, -0.1) is 0 Å². The Morgan fingerprint density at radius 3 is 2.51 bits per heavy atom. The van der Waals surface area contributed by atoms with Gasteiger partial charge in [0.15, 0.2) is 5.78 Å². The van der Waals surface area contributed by atoms with Crippen molar-refractivity contribution in [2.75, 3.05) is 13.1 Å². The van der Waals surface area contributed by atoms with Crippen LogP contribution in [0.3, 0.4) is 0 Å². The lowest BCUT2D eigenvalue weighted by molar-refractivity contribution is -0.141. The fourth-order valence-corrected chi connectivity index (χ4v) is 5.22. The Kier molecular flexibility index (Phi) is 8.50. The molecule has 3 aromatic heterocycles. The van der Waals surface area contributed by atoms with E-state index in [1.807, 2.05) is 6.07 Å². The lowest BCUT2D eigenvalue weighted by Gasteiger charge is -2.37. The molecule has 4 aromatic rings. The van der Waals surface area contributed by atoms with Crippen molar-refractivity contribution in [3.8, 4) is 5.75 Å². The number of pyridine rings is 2. The number of hydrogen-bond donors (Lipinski definition) is 1. The van der Waals surface area contributed by atoms with Crippen molar-refractivity contribution < 1.29 is 32.6 Å². The molecule has 0 bridgehead atoms. The van der Waals surface area contributed by atoms with Gasteiger partial charge in [0, 0.05) is 48.9 Å². The summed E-state index contributed by atoms with van der Waals surface area (Å²) in [6.07, 6.45) is -0.199. The van der Waals surface area contributed by atoms with Gasteiger partial charge in [0.25, 0.3) is 0 Å². The number of likely N-dealkylation sites (tertiary alicyclic amines) is 1. The zero-order chi connectivity index (χ0) is 30.8. The van der Waals surface area contributed by atoms with E-state index in [4.69, 9.17) is 4.74 Å². The average Bonchev–Trinajstić information content (AvgIpc) is 3.36. The molecule has 1 aliphatic heterocycles. The minimum Gasteiger partial charge on any atom is -0.487 e. The van der Waals surface area contributed by atoms with E-state index in [9.17, 15) is 27.9 Å². The summed E-state index contributed by atoms with van der Waals surface area (Å²) in [4.78, 5) is 35.7. The summed E-state index contributed by atoms with van der Waals surface area (Å²) in [6, 6.07) is 11.9. The summed E-state index contributed by atoms with van der Waals surface area (Å²) in [5.74, 6) is -0.255. The first kappa shape index (κ1) is 30.1. The molecule has 12 heteroatoms. The standard InChI is InChI=1S/C31H32F3N5O4/c1-30(2,42)22-9-12-38(13-10-22)29(41)18-39-17-21-14-20(15-26(40)24-7-5-8-28(36-24)31(32,33)34)27(16-25(21)37-39)43-19-23-6-3-4-11-35-23/h3-8,11,14,16-17,22,42H,9-10,12-13,15,18-19H2,1-2H3. The maximum atomic E-state index is 13.2. The van der Waals surface area contributed by atoms with Crippen LogP contribution < -0.4 is 4.74 Å². The summed E-state index contributed by atoms with van der Waals surface area (Å²) in [7, 11) is 0. The Morgan fingerprint density at radius 1 is 1.07 bits per heavy atom. The highest BCUT2D eigenvalue weighted by molar-refractivity contribution is 5.97. The molecule has 0 aliphatic carbocycles. The number of amides is 1. The van der Waals surface area contributed by atoms with Gasteiger partial charge in [-0.05, 0) is 62.9 Å². The first-order valence-electron chi connectivity index (χ1n) is 14.0. The number of fused-ring (bicyclic) bond motifs is 1. The second-order valence-electron chi connectivity index (χ2n) is 11.3. The van der Waals surface area contributed by atoms with Crippen LogP contribution in [-0.2, 0) is 30.5 Å². The number of aliphatic hydroxyl groups is 1. The van der Waals surface area contributed by atoms with Crippen LogP contribution in [0.1, 0.15) is 54.1 Å². The van der Waals surface area contributed by atoms with Crippen LogP contribution in [0.25, 0.3) is 10.9 Å². The van der Waals surface area contributed by atoms with Crippen molar-refractivity contribution in [3.05, 3.63) is 83.6 Å². The number of benzene rings is 1. The van der Waals surface area contributed by atoms with Gasteiger partial charge in [0.1, 0.15) is 30.3 Å². The summed E-state index contributed by atoms with van der Waals surface area (Å²) in [5.41, 5.74) is -0.633. The van der Waals surface area contributed by atoms with Crippen molar-refractivity contribution in [2.24, 2.45) is 5.92 Å². The summed E-state index contributed by atoms with van der Waals surface area (Å²) in [6.45, 7) is 4.78. The van der Waals surface area contributed by atoms with E-state index >= 15 is 0 Å². The molecule has 226 valence electrons. The molecular formula is C31H32F3N5O4. The van der Waals surface area contributed by atoms with Gasteiger partial charge < -0.3 is 14.7 Å². The summed E-state index contributed by atoms with van der Waals surface area (Å²) >= 11 is 0. The zero-order valence-electron chi connectivity index (χ0n) is 23.8. The molecule has 1 fully saturated rings. The fourth-order valence-electron chi connectivity index (χ4n) is 5.22. The van der Waals surface area contributed by atoms with E-state index in [1.54, 1.807) is 55.4 Å². The summed E-state index contributed by atoms with van der Waals surface area (Å²) in [5, 5.41) is 15.5. The van der Waals surface area contributed by atoms with Gasteiger partial charge in [0.05, 0.1) is 16.8 Å². The minimum atomic E-state index is -4.68. The molecule has 0 saturated carbocycles. The number of aromatic nitrogens is 4. The second-order valence-corrected chi connectivity index (χ2v) is 11.3. The molecular weight excluding hydrogens is 563 g/mol. The Balaban J connectivity index is 1.37. The molecule has 5 rings (SSSR count). The lowest BCUT2D eigenvalue weighted by Crippen LogP contribution is -2.45. The maximum Gasteiger partial charge on any atom is 0.433 e. The van der Waals surface area contributed by atoms with Crippen molar-refractivity contribution in [2.45, 2.75) is 58.0 Å². The maximum absolute atomic E-state index is 13.2. The van der Waals surface area contributed by atoms with Crippen molar-refractivity contribution >= 4 is 22.6 Å². The van der Waals surface area contributed by atoms with Gasteiger partial charge in [-0.25, -0.2) is 4.98 Å². The molecule has 43 heavy (non-hydrogen) atoms. The number of carbonyl (C=O) groups is 2. The van der Waals surface area contributed by atoms with E-state index in [0.717, 1.165) is 12.1 Å². The molecule has 1 aliphatic rings. The molecule has 1 N–H and O–H groups in total. The number of ketones is 1. The number of piperidine rings is 1. The number of ether oxygens (including phenoxy) is 1. The van der Waals surface area contributed by atoms with E-state index in [2.05, 4.69) is 15.1 Å². The van der Waals surface area contributed by atoms with Crippen LogP contribution in [0.2, 0.25) is 0 Å². The van der Waals surface area contributed by atoms with E-state index < -0.39 is 23.3 Å². The Morgan fingerprint density at radius 2 is 1.84 bits per heavy atom. The SMILES string of the molecule is CC(C)(O)C1CCN(C(=O)Cn2cc3cc(CC(=O)c4cccc(C(F)(F)F)n4)c(OCc4ccccn4)cc3n2)CC1. The summed E-state index contributed by atoms with van der Waals surface area (Å²) < 4.78 is 47.1. The highest BCUT2D eigenvalue weighted by Crippen LogP contribution is 2.31. The van der Waals surface area contributed by atoms with E-state index in [-0.39, 0.29) is 37.1 Å².